The maximum atomic E-state index is 13.0. The molecular weight excluding hydrogens is 356 g/mol. The van der Waals surface area contributed by atoms with E-state index in [9.17, 15) is 4.79 Å². The van der Waals surface area contributed by atoms with Crippen LogP contribution in [0.1, 0.15) is 28.4 Å². The second-order valence-electron chi connectivity index (χ2n) is 7.06. The summed E-state index contributed by atoms with van der Waals surface area (Å²) >= 11 is 0. The van der Waals surface area contributed by atoms with Crippen molar-refractivity contribution in [3.05, 3.63) is 59.7 Å². The second kappa shape index (κ2) is 9.08. The molecule has 0 saturated carbocycles. The van der Waals surface area contributed by atoms with Gasteiger partial charge in [-0.15, -0.1) is 0 Å². The zero-order chi connectivity index (χ0) is 19.2. The zero-order valence-corrected chi connectivity index (χ0v) is 15.9. The number of rotatable bonds is 5. The van der Waals surface area contributed by atoms with Crippen LogP contribution in [0.25, 0.3) is 0 Å². The number of nitrogens with zero attached hydrogens (tertiary/aromatic N) is 1. The van der Waals surface area contributed by atoms with Crippen molar-refractivity contribution in [1.82, 2.24) is 10.2 Å². The summed E-state index contributed by atoms with van der Waals surface area (Å²) in [5.74, 6) is 1.22. The number of nitrogens with one attached hydrogen (secondary N) is 1. The molecule has 2 aromatic carbocycles. The van der Waals surface area contributed by atoms with Gasteiger partial charge in [-0.25, -0.2) is 0 Å². The Hall–Kier alpha value is -2.57. The Morgan fingerprint density at radius 2 is 1.71 bits per heavy atom. The standard InChI is InChI=1S/C22H26N2O4/c25-22(18-7-8-20-21(15-18)28-12-4-11-27-20)23-19(17-5-2-1-3-6-17)16-24-9-13-26-14-10-24/h1-3,5-8,15,19H,4,9-14,16H2,(H,23,25)/t19-/m0/s1. The molecule has 0 aliphatic carbocycles. The van der Waals surface area contributed by atoms with E-state index in [2.05, 4.69) is 22.3 Å². The Labute approximate surface area is 165 Å². The summed E-state index contributed by atoms with van der Waals surface area (Å²) in [7, 11) is 0. The fourth-order valence-corrected chi connectivity index (χ4v) is 3.51. The lowest BCUT2D eigenvalue weighted by molar-refractivity contribution is 0.0332. The van der Waals surface area contributed by atoms with Gasteiger partial charge in [0.2, 0.25) is 0 Å². The molecule has 4 rings (SSSR count). The van der Waals surface area contributed by atoms with Gasteiger partial charge in [-0.2, -0.15) is 0 Å². The van der Waals surface area contributed by atoms with Crippen molar-refractivity contribution in [2.75, 3.05) is 46.1 Å². The predicted molar refractivity (Wildman–Crippen MR) is 106 cm³/mol. The molecule has 0 radical (unpaired) electrons. The van der Waals surface area contributed by atoms with E-state index in [0.717, 1.165) is 44.8 Å². The fourth-order valence-electron chi connectivity index (χ4n) is 3.51. The Balaban J connectivity index is 1.50. The van der Waals surface area contributed by atoms with E-state index in [1.165, 1.54) is 0 Å². The third-order valence-corrected chi connectivity index (χ3v) is 5.06. The summed E-state index contributed by atoms with van der Waals surface area (Å²) in [4.78, 5) is 15.3. The Bertz CT molecular complexity index is 790. The first-order valence-corrected chi connectivity index (χ1v) is 9.85. The molecule has 1 saturated heterocycles. The minimum Gasteiger partial charge on any atom is -0.490 e. The van der Waals surface area contributed by atoms with Gasteiger partial charge in [0.1, 0.15) is 0 Å². The molecule has 2 aliphatic rings. The summed E-state index contributed by atoms with van der Waals surface area (Å²) in [6, 6.07) is 15.4. The minimum absolute atomic E-state index is 0.0946. The minimum atomic E-state index is -0.113. The van der Waals surface area contributed by atoms with Crippen LogP contribution in [-0.4, -0.2) is 56.9 Å². The number of morpholine rings is 1. The van der Waals surface area contributed by atoms with E-state index in [4.69, 9.17) is 14.2 Å². The second-order valence-corrected chi connectivity index (χ2v) is 7.06. The van der Waals surface area contributed by atoms with Crippen LogP contribution in [0.15, 0.2) is 48.5 Å². The fraction of sp³-hybridized carbons (Fsp3) is 0.409. The average Bonchev–Trinajstić information content (AvgIpc) is 2.99. The number of fused-ring (bicyclic) bond motifs is 1. The van der Waals surface area contributed by atoms with Crippen molar-refractivity contribution >= 4 is 5.91 Å². The lowest BCUT2D eigenvalue weighted by Gasteiger charge is -2.31. The van der Waals surface area contributed by atoms with E-state index in [1.54, 1.807) is 12.1 Å². The van der Waals surface area contributed by atoms with Crippen molar-refractivity contribution in [3.8, 4) is 11.5 Å². The molecule has 0 aromatic heterocycles. The highest BCUT2D eigenvalue weighted by Crippen LogP contribution is 2.30. The molecule has 2 heterocycles. The first-order valence-electron chi connectivity index (χ1n) is 9.85. The summed E-state index contributed by atoms with van der Waals surface area (Å²) in [6.07, 6.45) is 0.839. The SMILES string of the molecule is O=C(N[C@@H](CN1CCOCC1)c1ccccc1)c1ccc2c(c1)OCCCO2. The van der Waals surface area contributed by atoms with Crippen molar-refractivity contribution in [2.24, 2.45) is 0 Å². The number of hydrogen-bond donors (Lipinski definition) is 1. The summed E-state index contributed by atoms with van der Waals surface area (Å²) in [6.45, 7) is 5.21. The first kappa shape index (κ1) is 18.8. The van der Waals surface area contributed by atoms with Gasteiger partial charge in [-0.1, -0.05) is 30.3 Å². The molecule has 1 amide bonds. The number of carbonyl (C=O) groups is 1. The molecule has 0 spiro atoms. The topological polar surface area (TPSA) is 60.0 Å². The number of carbonyl (C=O) groups excluding carboxylic acids is 1. The van der Waals surface area contributed by atoms with Gasteiger partial charge in [0.05, 0.1) is 32.5 Å². The lowest BCUT2D eigenvalue weighted by atomic mass is 10.0. The molecule has 2 aliphatic heterocycles. The van der Waals surface area contributed by atoms with E-state index >= 15 is 0 Å². The zero-order valence-electron chi connectivity index (χ0n) is 15.9. The van der Waals surface area contributed by atoms with Crippen LogP contribution in [0.4, 0.5) is 0 Å². The molecule has 0 bridgehead atoms. The molecule has 1 N–H and O–H groups in total. The molecular formula is C22H26N2O4. The highest BCUT2D eigenvalue weighted by atomic mass is 16.5. The van der Waals surface area contributed by atoms with Crippen LogP contribution >= 0.6 is 0 Å². The van der Waals surface area contributed by atoms with E-state index in [1.807, 2.05) is 24.3 Å². The van der Waals surface area contributed by atoms with Gasteiger partial charge in [-0.05, 0) is 23.8 Å². The van der Waals surface area contributed by atoms with Gasteiger partial charge >= 0.3 is 0 Å². The highest BCUT2D eigenvalue weighted by molar-refractivity contribution is 5.95. The first-order chi connectivity index (χ1) is 13.8. The van der Waals surface area contributed by atoms with Gasteiger partial charge in [0.15, 0.2) is 11.5 Å². The molecule has 148 valence electrons. The summed E-state index contributed by atoms with van der Waals surface area (Å²) in [5.41, 5.74) is 1.67. The molecule has 1 atom stereocenters. The quantitative estimate of drug-likeness (QED) is 0.862. The van der Waals surface area contributed by atoms with Crippen LogP contribution in [0.5, 0.6) is 11.5 Å². The molecule has 2 aromatic rings. The summed E-state index contributed by atoms with van der Waals surface area (Å²) < 4.78 is 16.8. The van der Waals surface area contributed by atoms with Crippen LogP contribution in [0.3, 0.4) is 0 Å². The lowest BCUT2D eigenvalue weighted by Crippen LogP contribution is -2.43. The number of amides is 1. The van der Waals surface area contributed by atoms with Gasteiger partial charge in [0, 0.05) is 31.6 Å². The smallest absolute Gasteiger partial charge is 0.251 e. The van der Waals surface area contributed by atoms with Crippen LogP contribution < -0.4 is 14.8 Å². The molecule has 6 heteroatoms. The summed E-state index contributed by atoms with van der Waals surface area (Å²) in [5, 5.41) is 3.20. The monoisotopic (exact) mass is 382 g/mol. The van der Waals surface area contributed by atoms with Crippen molar-refractivity contribution in [1.29, 1.82) is 0 Å². The van der Waals surface area contributed by atoms with Crippen molar-refractivity contribution in [3.63, 3.8) is 0 Å². The number of ether oxygens (including phenoxy) is 3. The van der Waals surface area contributed by atoms with E-state index < -0.39 is 0 Å². The molecule has 28 heavy (non-hydrogen) atoms. The number of hydrogen-bond acceptors (Lipinski definition) is 5. The average molecular weight is 382 g/mol. The van der Waals surface area contributed by atoms with Gasteiger partial charge in [0.25, 0.3) is 5.91 Å². The van der Waals surface area contributed by atoms with Crippen LogP contribution in [0.2, 0.25) is 0 Å². The largest absolute Gasteiger partial charge is 0.490 e. The maximum absolute atomic E-state index is 13.0. The van der Waals surface area contributed by atoms with Crippen LogP contribution in [-0.2, 0) is 4.74 Å². The van der Waals surface area contributed by atoms with Gasteiger partial charge < -0.3 is 19.5 Å². The number of benzene rings is 2. The maximum Gasteiger partial charge on any atom is 0.251 e. The van der Waals surface area contributed by atoms with E-state index in [-0.39, 0.29) is 11.9 Å². The third kappa shape index (κ3) is 4.64. The molecule has 6 nitrogen and oxygen atoms in total. The van der Waals surface area contributed by atoms with Crippen molar-refractivity contribution in [2.45, 2.75) is 12.5 Å². The Kier molecular flexibility index (Phi) is 6.09. The van der Waals surface area contributed by atoms with Gasteiger partial charge in [-0.3, -0.25) is 9.69 Å². The molecule has 1 fully saturated rings. The Morgan fingerprint density at radius 1 is 0.964 bits per heavy atom. The predicted octanol–water partition coefficient (Wildman–Crippen LogP) is 2.65. The normalized spacial score (nSPS) is 18.1. The van der Waals surface area contributed by atoms with E-state index in [0.29, 0.717) is 30.3 Å². The third-order valence-electron chi connectivity index (χ3n) is 5.06. The Morgan fingerprint density at radius 3 is 2.50 bits per heavy atom. The molecule has 0 unspecified atom stereocenters. The highest BCUT2D eigenvalue weighted by Gasteiger charge is 2.22. The van der Waals surface area contributed by atoms with Crippen molar-refractivity contribution < 1.29 is 19.0 Å². The van der Waals surface area contributed by atoms with Crippen LogP contribution in [0, 0.1) is 0 Å².